The van der Waals surface area contributed by atoms with E-state index in [4.69, 9.17) is 0 Å². The van der Waals surface area contributed by atoms with Gasteiger partial charge in [0.15, 0.2) is 0 Å². The van der Waals surface area contributed by atoms with Gasteiger partial charge >= 0.3 is 0 Å². The van der Waals surface area contributed by atoms with Crippen LogP contribution in [0.5, 0.6) is 0 Å². The highest BCUT2D eigenvalue weighted by atomic mass is 79.9. The van der Waals surface area contributed by atoms with Gasteiger partial charge in [-0.05, 0) is 27.6 Å². The molecule has 1 aliphatic heterocycles. The molecule has 1 unspecified atom stereocenters. The maximum absolute atomic E-state index is 13.4. The standard InChI is InChI=1S/C13H15BrFNO/c1-9-7-16(6-5-12(9)17)8-10-3-2-4-11(15)13(10)14/h2-4,9H,5-8H2,1H3. The minimum Gasteiger partial charge on any atom is -0.299 e. The Labute approximate surface area is 109 Å². The second-order valence-electron chi connectivity index (χ2n) is 4.57. The van der Waals surface area contributed by atoms with Crippen molar-refractivity contribution in [3.05, 3.63) is 34.1 Å². The smallest absolute Gasteiger partial charge is 0.138 e. The number of carbonyl (C=O) groups excluding carboxylic acids is 1. The van der Waals surface area contributed by atoms with Crippen LogP contribution >= 0.6 is 15.9 Å². The van der Waals surface area contributed by atoms with E-state index in [1.807, 2.05) is 13.0 Å². The number of rotatable bonds is 2. The van der Waals surface area contributed by atoms with E-state index in [0.29, 0.717) is 23.2 Å². The molecule has 2 nitrogen and oxygen atoms in total. The van der Waals surface area contributed by atoms with Crippen LogP contribution in [0.4, 0.5) is 4.39 Å². The van der Waals surface area contributed by atoms with Gasteiger partial charge in [0.2, 0.25) is 0 Å². The molecule has 0 aromatic heterocycles. The van der Waals surface area contributed by atoms with Crippen molar-refractivity contribution in [1.29, 1.82) is 0 Å². The molecule has 0 radical (unpaired) electrons. The van der Waals surface area contributed by atoms with Gasteiger partial charge in [0.1, 0.15) is 11.6 Å². The molecule has 92 valence electrons. The monoisotopic (exact) mass is 299 g/mol. The van der Waals surface area contributed by atoms with Crippen molar-refractivity contribution in [3.8, 4) is 0 Å². The van der Waals surface area contributed by atoms with Gasteiger partial charge in [-0.3, -0.25) is 9.69 Å². The quantitative estimate of drug-likeness (QED) is 0.837. The lowest BCUT2D eigenvalue weighted by molar-refractivity contribution is -0.125. The number of piperidine rings is 1. The summed E-state index contributed by atoms with van der Waals surface area (Å²) in [4.78, 5) is 13.6. The number of halogens is 2. The summed E-state index contributed by atoms with van der Waals surface area (Å²) in [7, 11) is 0. The Kier molecular flexibility index (Phi) is 3.94. The van der Waals surface area contributed by atoms with Crippen LogP contribution in [0.25, 0.3) is 0 Å². The van der Waals surface area contributed by atoms with Gasteiger partial charge in [0, 0.05) is 32.0 Å². The average molecular weight is 300 g/mol. The Bertz CT molecular complexity index is 435. The predicted octanol–water partition coefficient (Wildman–Crippen LogP) is 3.00. The SMILES string of the molecule is CC1CN(Cc2cccc(F)c2Br)CCC1=O. The summed E-state index contributed by atoms with van der Waals surface area (Å²) < 4.78 is 13.9. The van der Waals surface area contributed by atoms with E-state index in [1.54, 1.807) is 6.07 Å². The number of ketones is 1. The lowest BCUT2D eigenvalue weighted by Crippen LogP contribution is -2.39. The van der Waals surface area contributed by atoms with E-state index in [0.717, 1.165) is 18.7 Å². The summed E-state index contributed by atoms with van der Waals surface area (Å²) >= 11 is 3.27. The molecule has 0 bridgehead atoms. The van der Waals surface area contributed by atoms with Gasteiger partial charge in [0.05, 0.1) is 4.47 Å². The van der Waals surface area contributed by atoms with Crippen molar-refractivity contribution >= 4 is 21.7 Å². The molecular weight excluding hydrogens is 285 g/mol. The van der Waals surface area contributed by atoms with Crippen LogP contribution in [0.1, 0.15) is 18.9 Å². The van der Waals surface area contributed by atoms with E-state index in [1.165, 1.54) is 6.07 Å². The van der Waals surface area contributed by atoms with Crippen molar-refractivity contribution in [2.24, 2.45) is 5.92 Å². The van der Waals surface area contributed by atoms with Crippen LogP contribution in [0.2, 0.25) is 0 Å². The molecule has 1 fully saturated rings. The third-order valence-electron chi connectivity index (χ3n) is 3.18. The van der Waals surface area contributed by atoms with Gasteiger partial charge in [-0.2, -0.15) is 0 Å². The Hall–Kier alpha value is -0.740. The molecule has 1 aliphatic rings. The third-order valence-corrected chi connectivity index (χ3v) is 4.07. The summed E-state index contributed by atoms with van der Waals surface area (Å²) in [6.45, 7) is 4.18. The molecule has 17 heavy (non-hydrogen) atoms. The van der Waals surface area contributed by atoms with Crippen LogP contribution < -0.4 is 0 Å². The minimum absolute atomic E-state index is 0.0936. The van der Waals surface area contributed by atoms with Gasteiger partial charge in [0.25, 0.3) is 0 Å². The molecule has 0 saturated carbocycles. The maximum Gasteiger partial charge on any atom is 0.138 e. The first kappa shape index (κ1) is 12.7. The van der Waals surface area contributed by atoms with E-state index >= 15 is 0 Å². The summed E-state index contributed by atoms with van der Waals surface area (Å²) in [5, 5.41) is 0. The fraction of sp³-hybridized carbons (Fsp3) is 0.462. The second-order valence-corrected chi connectivity index (χ2v) is 5.36. The summed E-state index contributed by atoms with van der Waals surface area (Å²) in [5.74, 6) is 0.194. The highest BCUT2D eigenvalue weighted by molar-refractivity contribution is 9.10. The summed E-state index contributed by atoms with van der Waals surface area (Å²) in [6, 6.07) is 5.07. The molecule has 0 amide bonds. The number of likely N-dealkylation sites (tertiary alicyclic amines) is 1. The van der Waals surface area contributed by atoms with Crippen molar-refractivity contribution in [1.82, 2.24) is 4.90 Å². The van der Waals surface area contributed by atoms with E-state index in [-0.39, 0.29) is 11.7 Å². The molecule has 1 atom stereocenters. The fourth-order valence-corrected chi connectivity index (χ4v) is 2.54. The molecule has 1 heterocycles. The Morgan fingerprint density at radius 2 is 2.29 bits per heavy atom. The lowest BCUT2D eigenvalue weighted by Gasteiger charge is -2.30. The molecule has 1 aromatic rings. The van der Waals surface area contributed by atoms with Crippen molar-refractivity contribution in [2.75, 3.05) is 13.1 Å². The average Bonchev–Trinajstić information content (AvgIpc) is 2.30. The zero-order valence-electron chi connectivity index (χ0n) is 9.75. The molecule has 1 aromatic carbocycles. The Morgan fingerprint density at radius 1 is 1.53 bits per heavy atom. The number of benzene rings is 1. The zero-order chi connectivity index (χ0) is 12.4. The van der Waals surface area contributed by atoms with Crippen LogP contribution in [0, 0.1) is 11.7 Å². The summed E-state index contributed by atoms with van der Waals surface area (Å²) in [5.41, 5.74) is 0.937. The first-order valence-electron chi connectivity index (χ1n) is 5.76. The fourth-order valence-electron chi connectivity index (χ4n) is 2.15. The first-order valence-corrected chi connectivity index (χ1v) is 6.55. The number of nitrogens with zero attached hydrogens (tertiary/aromatic N) is 1. The number of carbonyl (C=O) groups is 1. The van der Waals surface area contributed by atoms with Gasteiger partial charge in [-0.25, -0.2) is 4.39 Å². The summed E-state index contributed by atoms with van der Waals surface area (Å²) in [6.07, 6.45) is 0.605. The van der Waals surface area contributed by atoms with E-state index in [9.17, 15) is 9.18 Å². The zero-order valence-corrected chi connectivity index (χ0v) is 11.3. The van der Waals surface area contributed by atoms with Crippen molar-refractivity contribution < 1.29 is 9.18 Å². The van der Waals surface area contributed by atoms with E-state index in [2.05, 4.69) is 20.8 Å². The van der Waals surface area contributed by atoms with E-state index < -0.39 is 0 Å². The largest absolute Gasteiger partial charge is 0.299 e. The highest BCUT2D eigenvalue weighted by Crippen LogP contribution is 2.23. The van der Waals surface area contributed by atoms with Gasteiger partial charge < -0.3 is 0 Å². The predicted molar refractivity (Wildman–Crippen MR) is 68.2 cm³/mol. The normalized spacial score (nSPS) is 21.8. The van der Waals surface area contributed by atoms with Crippen LogP contribution in [0.3, 0.4) is 0 Å². The Balaban J connectivity index is 2.06. The molecule has 0 N–H and O–H groups in total. The number of Topliss-reactive ketones (excluding diaryl/α,β-unsaturated/α-hetero) is 1. The molecular formula is C13H15BrFNO. The van der Waals surface area contributed by atoms with Gasteiger partial charge in [-0.1, -0.05) is 19.1 Å². The Morgan fingerprint density at radius 3 is 3.00 bits per heavy atom. The third kappa shape index (κ3) is 2.93. The molecule has 0 aliphatic carbocycles. The molecule has 1 saturated heterocycles. The van der Waals surface area contributed by atoms with Crippen LogP contribution in [0.15, 0.2) is 22.7 Å². The number of hydrogen-bond donors (Lipinski definition) is 0. The maximum atomic E-state index is 13.4. The first-order chi connectivity index (χ1) is 8.08. The van der Waals surface area contributed by atoms with Crippen LogP contribution in [-0.2, 0) is 11.3 Å². The number of hydrogen-bond acceptors (Lipinski definition) is 2. The van der Waals surface area contributed by atoms with Gasteiger partial charge in [-0.15, -0.1) is 0 Å². The highest BCUT2D eigenvalue weighted by Gasteiger charge is 2.23. The topological polar surface area (TPSA) is 20.3 Å². The molecule has 4 heteroatoms. The second kappa shape index (κ2) is 5.27. The van der Waals surface area contributed by atoms with Crippen LogP contribution in [-0.4, -0.2) is 23.8 Å². The van der Waals surface area contributed by atoms with Crippen molar-refractivity contribution in [2.45, 2.75) is 19.9 Å². The molecule has 0 spiro atoms. The minimum atomic E-state index is -0.233. The van der Waals surface area contributed by atoms with Crippen molar-refractivity contribution in [3.63, 3.8) is 0 Å². The lowest BCUT2D eigenvalue weighted by atomic mass is 9.98. The molecule has 2 rings (SSSR count).